The summed E-state index contributed by atoms with van der Waals surface area (Å²) < 4.78 is 0. The van der Waals surface area contributed by atoms with Gasteiger partial charge < -0.3 is 10.6 Å². The minimum Gasteiger partial charge on any atom is -0.359 e. The first-order valence-electron chi connectivity index (χ1n) is 7.21. The number of carbonyl (C=O) groups excluding carboxylic acids is 2. The van der Waals surface area contributed by atoms with E-state index in [1.807, 2.05) is 0 Å². The van der Waals surface area contributed by atoms with E-state index in [4.69, 9.17) is 23.2 Å². The molecule has 0 aromatic heterocycles. The Bertz CT molecular complexity index is 771. The van der Waals surface area contributed by atoms with Crippen LogP contribution in [0.3, 0.4) is 0 Å². The van der Waals surface area contributed by atoms with Crippen molar-refractivity contribution in [2.75, 3.05) is 12.4 Å². The monoisotopic (exact) mass is 362 g/mol. The van der Waals surface area contributed by atoms with E-state index in [2.05, 4.69) is 10.6 Å². The van der Waals surface area contributed by atoms with Crippen LogP contribution in [-0.4, -0.2) is 18.9 Å². The average molecular weight is 363 g/mol. The SMILES string of the molecule is CNC(=O)Cc1ccc(NC(=O)/C=C/c2cc(Cl)ccc2Cl)cc1. The lowest BCUT2D eigenvalue weighted by molar-refractivity contribution is -0.120. The van der Waals surface area contributed by atoms with Crippen molar-refractivity contribution in [3.63, 3.8) is 0 Å². The van der Waals surface area contributed by atoms with E-state index in [0.29, 0.717) is 27.7 Å². The van der Waals surface area contributed by atoms with E-state index < -0.39 is 0 Å². The molecule has 24 heavy (non-hydrogen) atoms. The highest BCUT2D eigenvalue weighted by atomic mass is 35.5. The van der Waals surface area contributed by atoms with Crippen molar-refractivity contribution in [3.8, 4) is 0 Å². The molecular formula is C18H16Cl2N2O2. The van der Waals surface area contributed by atoms with E-state index >= 15 is 0 Å². The fraction of sp³-hybridized carbons (Fsp3) is 0.111. The molecular weight excluding hydrogens is 347 g/mol. The van der Waals surface area contributed by atoms with Crippen molar-refractivity contribution in [2.24, 2.45) is 0 Å². The fourth-order valence-corrected chi connectivity index (χ4v) is 2.33. The summed E-state index contributed by atoms with van der Waals surface area (Å²) in [5.41, 5.74) is 2.18. The highest BCUT2D eigenvalue weighted by molar-refractivity contribution is 6.34. The number of likely N-dealkylation sites (N-methyl/N-ethyl adjacent to an activating group) is 1. The first kappa shape index (κ1) is 18.0. The molecule has 124 valence electrons. The minimum atomic E-state index is -0.287. The average Bonchev–Trinajstić information content (AvgIpc) is 2.57. The van der Waals surface area contributed by atoms with E-state index in [-0.39, 0.29) is 11.8 Å². The van der Waals surface area contributed by atoms with Crippen LogP contribution in [0, 0.1) is 0 Å². The van der Waals surface area contributed by atoms with Crippen molar-refractivity contribution >= 4 is 46.8 Å². The molecule has 0 bridgehead atoms. The van der Waals surface area contributed by atoms with Gasteiger partial charge in [0.05, 0.1) is 6.42 Å². The molecule has 0 fully saturated rings. The predicted molar refractivity (Wildman–Crippen MR) is 98.3 cm³/mol. The van der Waals surface area contributed by atoms with Crippen molar-refractivity contribution in [3.05, 3.63) is 69.7 Å². The van der Waals surface area contributed by atoms with Gasteiger partial charge in [-0.1, -0.05) is 35.3 Å². The number of carbonyl (C=O) groups is 2. The Morgan fingerprint density at radius 3 is 2.46 bits per heavy atom. The second kappa shape index (κ2) is 8.52. The van der Waals surface area contributed by atoms with Crippen LogP contribution >= 0.6 is 23.2 Å². The van der Waals surface area contributed by atoms with Gasteiger partial charge in [0.25, 0.3) is 0 Å². The van der Waals surface area contributed by atoms with Gasteiger partial charge in [-0.2, -0.15) is 0 Å². The standard InChI is InChI=1S/C18H16Cl2N2O2/c1-21-18(24)10-12-2-6-15(7-3-12)22-17(23)9-4-13-11-14(19)5-8-16(13)20/h2-9,11H,10H2,1H3,(H,21,24)(H,22,23)/b9-4+. The molecule has 2 amide bonds. The van der Waals surface area contributed by atoms with Gasteiger partial charge in [-0.05, 0) is 47.5 Å². The van der Waals surface area contributed by atoms with Gasteiger partial charge >= 0.3 is 0 Å². The molecule has 0 saturated carbocycles. The third-order valence-corrected chi connectivity index (χ3v) is 3.82. The summed E-state index contributed by atoms with van der Waals surface area (Å²) in [6.45, 7) is 0. The second-order valence-electron chi connectivity index (χ2n) is 5.04. The third kappa shape index (κ3) is 5.41. The maximum atomic E-state index is 12.0. The summed E-state index contributed by atoms with van der Waals surface area (Å²) in [7, 11) is 1.59. The van der Waals surface area contributed by atoms with Gasteiger partial charge in [0, 0.05) is 28.9 Å². The maximum absolute atomic E-state index is 12.0. The number of benzene rings is 2. The van der Waals surface area contributed by atoms with Gasteiger partial charge in [-0.25, -0.2) is 0 Å². The Kier molecular flexibility index (Phi) is 6.41. The van der Waals surface area contributed by atoms with Crippen molar-refractivity contribution < 1.29 is 9.59 Å². The molecule has 0 aliphatic rings. The molecule has 0 atom stereocenters. The Hall–Kier alpha value is -2.30. The second-order valence-corrected chi connectivity index (χ2v) is 5.88. The quantitative estimate of drug-likeness (QED) is 0.791. The van der Waals surface area contributed by atoms with Gasteiger partial charge in [0.15, 0.2) is 0 Å². The smallest absolute Gasteiger partial charge is 0.248 e. The van der Waals surface area contributed by atoms with Gasteiger partial charge in [-0.15, -0.1) is 0 Å². The topological polar surface area (TPSA) is 58.2 Å². The molecule has 0 unspecified atom stereocenters. The summed E-state index contributed by atoms with van der Waals surface area (Å²) in [6.07, 6.45) is 3.29. The van der Waals surface area contributed by atoms with E-state index in [1.54, 1.807) is 55.6 Å². The number of nitrogens with one attached hydrogen (secondary N) is 2. The number of hydrogen-bond donors (Lipinski definition) is 2. The van der Waals surface area contributed by atoms with Gasteiger partial charge in [0.1, 0.15) is 0 Å². The number of hydrogen-bond acceptors (Lipinski definition) is 2. The lowest BCUT2D eigenvalue weighted by atomic mass is 10.1. The van der Waals surface area contributed by atoms with E-state index in [0.717, 1.165) is 5.56 Å². The molecule has 0 aliphatic heterocycles. The number of halogens is 2. The zero-order chi connectivity index (χ0) is 17.5. The normalized spacial score (nSPS) is 10.6. The minimum absolute atomic E-state index is 0.0619. The summed E-state index contributed by atoms with van der Waals surface area (Å²) in [5.74, 6) is -0.349. The molecule has 6 heteroatoms. The summed E-state index contributed by atoms with van der Waals surface area (Å²) >= 11 is 11.9. The Balaban J connectivity index is 1.98. The van der Waals surface area contributed by atoms with Crippen LogP contribution in [0.2, 0.25) is 10.0 Å². The van der Waals surface area contributed by atoms with Gasteiger partial charge in [0.2, 0.25) is 11.8 Å². The molecule has 0 saturated heterocycles. The zero-order valence-electron chi connectivity index (χ0n) is 13.0. The Labute approximate surface area is 150 Å². The van der Waals surface area contributed by atoms with Crippen LogP contribution < -0.4 is 10.6 Å². The number of anilines is 1. The maximum Gasteiger partial charge on any atom is 0.248 e. The first-order valence-corrected chi connectivity index (χ1v) is 7.97. The molecule has 0 aliphatic carbocycles. The molecule has 0 heterocycles. The summed E-state index contributed by atoms with van der Waals surface area (Å²) in [6, 6.07) is 12.1. The molecule has 2 aromatic rings. The lowest BCUT2D eigenvalue weighted by Crippen LogP contribution is -2.19. The molecule has 0 radical (unpaired) electrons. The first-order chi connectivity index (χ1) is 11.5. The highest BCUT2D eigenvalue weighted by Gasteiger charge is 2.03. The van der Waals surface area contributed by atoms with Gasteiger partial charge in [-0.3, -0.25) is 9.59 Å². The largest absolute Gasteiger partial charge is 0.359 e. The predicted octanol–water partition coefficient (Wildman–Crippen LogP) is 3.93. The van der Waals surface area contributed by atoms with Crippen molar-refractivity contribution in [1.82, 2.24) is 5.32 Å². The van der Waals surface area contributed by atoms with Crippen molar-refractivity contribution in [1.29, 1.82) is 0 Å². The summed E-state index contributed by atoms with van der Waals surface area (Å²) in [4.78, 5) is 23.3. The Morgan fingerprint density at radius 1 is 1.08 bits per heavy atom. The molecule has 4 nitrogen and oxygen atoms in total. The van der Waals surface area contributed by atoms with Crippen LogP contribution in [0.5, 0.6) is 0 Å². The number of amides is 2. The highest BCUT2D eigenvalue weighted by Crippen LogP contribution is 2.21. The number of rotatable bonds is 5. The lowest BCUT2D eigenvalue weighted by Gasteiger charge is -2.05. The van der Waals surface area contributed by atoms with Crippen LogP contribution in [0.1, 0.15) is 11.1 Å². The van der Waals surface area contributed by atoms with E-state index in [1.165, 1.54) is 6.08 Å². The Morgan fingerprint density at radius 2 is 1.79 bits per heavy atom. The third-order valence-electron chi connectivity index (χ3n) is 3.24. The fourth-order valence-electron chi connectivity index (χ4n) is 1.97. The summed E-state index contributed by atoms with van der Waals surface area (Å²) in [5, 5.41) is 6.36. The molecule has 0 spiro atoms. The van der Waals surface area contributed by atoms with Crippen molar-refractivity contribution in [2.45, 2.75) is 6.42 Å². The van der Waals surface area contributed by atoms with E-state index in [9.17, 15) is 9.59 Å². The molecule has 2 aromatic carbocycles. The van der Waals surface area contributed by atoms with Crippen LogP contribution in [-0.2, 0) is 16.0 Å². The van der Waals surface area contributed by atoms with Crippen LogP contribution in [0.25, 0.3) is 6.08 Å². The molecule has 2 N–H and O–H groups in total. The van der Waals surface area contributed by atoms with Crippen LogP contribution in [0.15, 0.2) is 48.5 Å². The molecule has 2 rings (SSSR count). The van der Waals surface area contributed by atoms with Crippen LogP contribution in [0.4, 0.5) is 5.69 Å². The zero-order valence-corrected chi connectivity index (χ0v) is 14.5.